The Morgan fingerprint density at radius 3 is 2.16 bits per heavy atom. The van der Waals surface area contributed by atoms with Gasteiger partial charge in [-0.15, -0.1) is 0 Å². The number of hydrogen-bond acceptors (Lipinski definition) is 2. The highest BCUT2D eigenvalue weighted by molar-refractivity contribution is 4.98. The monoisotopic (exact) mass is 279 g/mol. The van der Waals surface area contributed by atoms with Crippen LogP contribution in [0.25, 0.3) is 0 Å². The zero-order valence-electron chi connectivity index (χ0n) is 11.8. The third-order valence-electron chi connectivity index (χ3n) is 4.98. The van der Waals surface area contributed by atoms with Gasteiger partial charge >= 0.3 is 6.18 Å². The maximum absolute atomic E-state index is 12.7. The molecule has 112 valence electrons. The topological polar surface area (TPSA) is 21.3 Å². The van der Waals surface area contributed by atoms with E-state index in [9.17, 15) is 13.2 Å². The molecule has 1 N–H and O–H groups in total. The lowest BCUT2D eigenvalue weighted by Gasteiger charge is -2.51. The van der Waals surface area contributed by atoms with Crippen LogP contribution in [-0.2, 0) is 4.74 Å². The molecule has 0 radical (unpaired) electrons. The average Bonchev–Trinajstić information content (AvgIpc) is 2.38. The third kappa shape index (κ3) is 3.07. The summed E-state index contributed by atoms with van der Waals surface area (Å²) in [6.07, 6.45) is -0.792. The summed E-state index contributed by atoms with van der Waals surface area (Å²) in [5.41, 5.74) is -0.560. The first kappa shape index (κ1) is 15.1. The highest BCUT2D eigenvalue weighted by atomic mass is 19.4. The van der Waals surface area contributed by atoms with Crippen LogP contribution in [0.3, 0.4) is 0 Å². The smallest absolute Gasteiger partial charge is 0.366 e. The Hall–Kier alpha value is -0.290. The first-order chi connectivity index (χ1) is 8.85. The zero-order chi connectivity index (χ0) is 14.1. The lowest BCUT2D eigenvalue weighted by atomic mass is 9.76. The molecule has 19 heavy (non-hydrogen) atoms. The van der Waals surface area contributed by atoms with E-state index in [1.54, 1.807) is 0 Å². The van der Waals surface area contributed by atoms with E-state index in [2.05, 4.69) is 19.2 Å². The second-order valence-electron chi connectivity index (χ2n) is 6.09. The van der Waals surface area contributed by atoms with Gasteiger partial charge in [-0.2, -0.15) is 13.2 Å². The molecule has 2 nitrogen and oxygen atoms in total. The summed E-state index contributed by atoms with van der Waals surface area (Å²) < 4.78 is 44.5. The minimum Gasteiger partial charge on any atom is -0.366 e. The molecule has 1 heterocycles. The quantitative estimate of drug-likeness (QED) is 0.833. The van der Waals surface area contributed by atoms with Crippen molar-refractivity contribution in [1.29, 1.82) is 0 Å². The largest absolute Gasteiger partial charge is 0.391 e. The molecular weight excluding hydrogens is 255 g/mol. The first-order valence-corrected chi connectivity index (χ1v) is 7.32. The Kier molecular flexibility index (Phi) is 4.17. The van der Waals surface area contributed by atoms with E-state index in [0.29, 0.717) is 19.4 Å². The van der Waals surface area contributed by atoms with Gasteiger partial charge in [0.2, 0.25) is 0 Å². The minimum atomic E-state index is -4.05. The van der Waals surface area contributed by atoms with Gasteiger partial charge in [-0.05, 0) is 38.5 Å². The van der Waals surface area contributed by atoms with Crippen LogP contribution in [0, 0.1) is 5.92 Å². The summed E-state index contributed by atoms with van der Waals surface area (Å²) >= 11 is 0. The van der Waals surface area contributed by atoms with Crippen LogP contribution in [0.15, 0.2) is 0 Å². The molecule has 1 aliphatic carbocycles. The van der Waals surface area contributed by atoms with Crippen molar-refractivity contribution < 1.29 is 17.9 Å². The molecule has 1 aliphatic heterocycles. The van der Waals surface area contributed by atoms with Crippen molar-refractivity contribution in [2.24, 2.45) is 5.92 Å². The van der Waals surface area contributed by atoms with Crippen molar-refractivity contribution in [3.63, 3.8) is 0 Å². The van der Waals surface area contributed by atoms with Gasteiger partial charge < -0.3 is 10.1 Å². The van der Waals surface area contributed by atoms with Gasteiger partial charge in [0.25, 0.3) is 0 Å². The standard InChI is InChI=1S/C14H24F3NO/c1-3-12(4-2)9-18-10-13(19-12)7-5-11(6-8-13)14(15,16)17/h11,18H,3-10H2,1-2H3. The van der Waals surface area contributed by atoms with E-state index < -0.39 is 12.1 Å². The Morgan fingerprint density at radius 2 is 1.68 bits per heavy atom. The molecule has 2 fully saturated rings. The highest BCUT2D eigenvalue weighted by Crippen LogP contribution is 2.45. The Labute approximate surface area is 113 Å². The van der Waals surface area contributed by atoms with E-state index in [0.717, 1.165) is 19.4 Å². The predicted octanol–water partition coefficient (Wildman–Crippen LogP) is 3.66. The Morgan fingerprint density at radius 1 is 1.11 bits per heavy atom. The van der Waals surface area contributed by atoms with Gasteiger partial charge in [0.05, 0.1) is 17.1 Å². The van der Waals surface area contributed by atoms with Crippen molar-refractivity contribution in [3.05, 3.63) is 0 Å². The van der Waals surface area contributed by atoms with Gasteiger partial charge in [-0.3, -0.25) is 0 Å². The van der Waals surface area contributed by atoms with Crippen LogP contribution in [0.5, 0.6) is 0 Å². The summed E-state index contributed by atoms with van der Waals surface area (Å²) in [4.78, 5) is 0. The minimum absolute atomic E-state index is 0.191. The molecule has 0 amide bonds. The van der Waals surface area contributed by atoms with Crippen molar-refractivity contribution in [2.75, 3.05) is 13.1 Å². The zero-order valence-corrected chi connectivity index (χ0v) is 11.8. The van der Waals surface area contributed by atoms with Crippen molar-refractivity contribution >= 4 is 0 Å². The molecule has 5 heteroatoms. The van der Waals surface area contributed by atoms with Gasteiger partial charge in [0.1, 0.15) is 0 Å². The number of halogens is 3. The average molecular weight is 279 g/mol. The summed E-state index contributed by atoms with van der Waals surface area (Å²) in [5, 5.41) is 3.39. The number of morpholine rings is 1. The fourth-order valence-electron chi connectivity index (χ4n) is 3.44. The molecule has 1 saturated carbocycles. The van der Waals surface area contributed by atoms with Crippen molar-refractivity contribution in [2.45, 2.75) is 69.8 Å². The van der Waals surface area contributed by atoms with E-state index in [1.165, 1.54) is 0 Å². The van der Waals surface area contributed by atoms with Crippen LogP contribution in [0.1, 0.15) is 52.4 Å². The molecular formula is C14H24F3NO. The number of rotatable bonds is 2. The molecule has 2 aliphatic rings. The van der Waals surface area contributed by atoms with Crippen LogP contribution >= 0.6 is 0 Å². The molecule has 1 saturated heterocycles. The third-order valence-corrected chi connectivity index (χ3v) is 4.98. The molecule has 0 aromatic rings. The number of nitrogens with one attached hydrogen (secondary N) is 1. The predicted molar refractivity (Wildman–Crippen MR) is 68.0 cm³/mol. The fraction of sp³-hybridized carbons (Fsp3) is 1.00. The molecule has 0 bridgehead atoms. The maximum Gasteiger partial charge on any atom is 0.391 e. The summed E-state index contributed by atoms with van der Waals surface area (Å²) in [7, 11) is 0. The normalized spacial score (nSPS) is 35.5. The van der Waals surface area contributed by atoms with E-state index in [-0.39, 0.29) is 24.0 Å². The second kappa shape index (κ2) is 5.24. The number of ether oxygens (including phenoxy) is 1. The van der Waals surface area contributed by atoms with Gasteiger partial charge in [0.15, 0.2) is 0 Å². The SMILES string of the molecule is CCC1(CC)CNCC2(CCC(C(F)(F)F)CC2)O1. The molecule has 0 atom stereocenters. The van der Waals surface area contributed by atoms with Crippen molar-refractivity contribution in [3.8, 4) is 0 Å². The van der Waals surface area contributed by atoms with Crippen LogP contribution in [0.2, 0.25) is 0 Å². The highest BCUT2D eigenvalue weighted by Gasteiger charge is 2.50. The van der Waals surface area contributed by atoms with E-state index in [4.69, 9.17) is 4.74 Å². The fourth-order valence-corrected chi connectivity index (χ4v) is 3.44. The molecule has 2 rings (SSSR count). The summed E-state index contributed by atoms with van der Waals surface area (Å²) in [5.74, 6) is -1.14. The van der Waals surface area contributed by atoms with Crippen LogP contribution in [0.4, 0.5) is 13.2 Å². The summed E-state index contributed by atoms with van der Waals surface area (Å²) in [6.45, 7) is 5.68. The molecule has 1 spiro atoms. The lowest BCUT2D eigenvalue weighted by molar-refractivity contribution is -0.226. The number of alkyl halides is 3. The Bertz CT molecular complexity index is 304. The van der Waals surface area contributed by atoms with E-state index in [1.807, 2.05) is 0 Å². The Balaban J connectivity index is 2.02. The van der Waals surface area contributed by atoms with Crippen LogP contribution in [-0.4, -0.2) is 30.5 Å². The van der Waals surface area contributed by atoms with Gasteiger partial charge in [0, 0.05) is 13.1 Å². The van der Waals surface area contributed by atoms with Crippen molar-refractivity contribution in [1.82, 2.24) is 5.32 Å². The molecule has 0 unspecified atom stereocenters. The first-order valence-electron chi connectivity index (χ1n) is 7.32. The van der Waals surface area contributed by atoms with Crippen LogP contribution < -0.4 is 5.32 Å². The van der Waals surface area contributed by atoms with Gasteiger partial charge in [-0.25, -0.2) is 0 Å². The molecule has 0 aromatic carbocycles. The maximum atomic E-state index is 12.7. The second-order valence-corrected chi connectivity index (χ2v) is 6.09. The van der Waals surface area contributed by atoms with E-state index >= 15 is 0 Å². The van der Waals surface area contributed by atoms with Gasteiger partial charge in [-0.1, -0.05) is 13.8 Å². The summed E-state index contributed by atoms with van der Waals surface area (Å²) in [6, 6.07) is 0. The lowest BCUT2D eigenvalue weighted by Crippen LogP contribution is -2.61. The molecule has 0 aromatic heterocycles. The number of hydrogen-bond donors (Lipinski definition) is 1.